The normalized spacial score (nSPS) is 15.4. The molecule has 26 rings (SSSR count). The van der Waals surface area contributed by atoms with Gasteiger partial charge in [0.1, 0.15) is 0 Å². The van der Waals surface area contributed by atoms with Gasteiger partial charge in [-0.2, -0.15) is 0 Å². The molecular formula is C102H66B2N6O2S2. The molecule has 0 atom stereocenters. The van der Waals surface area contributed by atoms with Crippen LogP contribution in [0.4, 0.5) is 102 Å². The van der Waals surface area contributed by atoms with E-state index < -0.39 is 5.41 Å². The maximum absolute atomic E-state index is 7.48. The molecular weight excluding hydrogens is 1430 g/mol. The molecule has 114 heavy (non-hydrogen) atoms. The lowest BCUT2D eigenvalue weighted by Gasteiger charge is -2.52. The highest BCUT2D eigenvalue weighted by atomic mass is 32.2. The van der Waals surface area contributed by atoms with Gasteiger partial charge in [0.15, 0.2) is 23.0 Å². The highest BCUT2D eigenvalue weighted by molar-refractivity contribution is 8.00. The molecule has 0 spiro atoms. The predicted octanol–water partition coefficient (Wildman–Crippen LogP) is 24.2. The lowest BCUT2D eigenvalue weighted by atomic mass is 9.32. The van der Waals surface area contributed by atoms with Crippen molar-refractivity contribution in [2.24, 2.45) is 0 Å². The number of benzene rings is 16. The summed E-state index contributed by atoms with van der Waals surface area (Å²) in [5.41, 5.74) is 39.9. The Balaban J connectivity index is 0.642. The summed E-state index contributed by atoms with van der Waals surface area (Å²) < 4.78 is 14.0. The molecule has 10 heterocycles. The van der Waals surface area contributed by atoms with Crippen molar-refractivity contribution in [3.05, 3.63) is 350 Å². The third-order valence-electron chi connectivity index (χ3n) is 26.1. The maximum atomic E-state index is 7.48. The van der Waals surface area contributed by atoms with E-state index in [-0.39, 0.29) is 18.8 Å². The number of rotatable bonds is 5. The minimum absolute atomic E-state index is 0.0412. The second kappa shape index (κ2) is 22.8. The van der Waals surface area contributed by atoms with Crippen molar-refractivity contribution in [1.82, 2.24) is 0 Å². The predicted molar refractivity (Wildman–Crippen MR) is 473 cm³/mol. The quantitative estimate of drug-likeness (QED) is 0.156. The number of fused-ring (bicyclic) bond motifs is 20. The summed E-state index contributed by atoms with van der Waals surface area (Å²) in [5.74, 6) is 3.29. The maximum Gasteiger partial charge on any atom is 0.252 e. The van der Waals surface area contributed by atoms with Crippen LogP contribution in [0.1, 0.15) is 49.9 Å². The van der Waals surface area contributed by atoms with Crippen molar-refractivity contribution >= 4 is 172 Å². The van der Waals surface area contributed by atoms with E-state index in [1.165, 1.54) is 143 Å². The number of nitrogens with zero attached hydrogens (tertiary/aromatic N) is 6. The zero-order valence-corrected chi connectivity index (χ0v) is 64.3. The van der Waals surface area contributed by atoms with Gasteiger partial charge < -0.3 is 38.9 Å². The van der Waals surface area contributed by atoms with Crippen LogP contribution in [-0.4, -0.2) is 13.4 Å². The van der Waals surface area contributed by atoms with E-state index in [0.29, 0.717) is 0 Å². The molecule has 12 heteroatoms. The first-order chi connectivity index (χ1) is 56.1. The summed E-state index contributed by atoms with van der Waals surface area (Å²) in [6.07, 6.45) is 0. The van der Waals surface area contributed by atoms with Crippen LogP contribution >= 0.6 is 23.5 Å². The molecule has 0 aliphatic carbocycles. The highest BCUT2D eigenvalue weighted by Crippen LogP contribution is 2.63. The van der Waals surface area contributed by atoms with Crippen molar-refractivity contribution in [1.29, 1.82) is 0 Å². The van der Waals surface area contributed by atoms with Crippen LogP contribution in [0.3, 0.4) is 0 Å². The number of hydrogen-bond acceptors (Lipinski definition) is 10. The molecule has 0 aromatic heterocycles. The van der Waals surface area contributed by atoms with Crippen LogP contribution in [0, 0.1) is 0 Å². The van der Waals surface area contributed by atoms with Crippen LogP contribution < -0.4 is 71.7 Å². The van der Waals surface area contributed by atoms with Crippen LogP contribution in [0.2, 0.25) is 0 Å². The van der Waals surface area contributed by atoms with Gasteiger partial charge in [-0.05, 0) is 228 Å². The first-order valence-corrected chi connectivity index (χ1v) is 41.1. The lowest BCUT2D eigenvalue weighted by molar-refractivity contribution is 0.477. The summed E-state index contributed by atoms with van der Waals surface area (Å²) in [6.45, 7) is 9.61. The van der Waals surface area contributed by atoms with Gasteiger partial charge in [0.2, 0.25) is 0 Å². The summed E-state index contributed by atoms with van der Waals surface area (Å²) in [7, 11) is 0. The van der Waals surface area contributed by atoms with Gasteiger partial charge in [-0.25, -0.2) is 0 Å². The summed E-state index contributed by atoms with van der Waals surface area (Å²) in [4.78, 5) is 20.3. The molecule has 0 fully saturated rings. The Morgan fingerprint density at radius 2 is 0.614 bits per heavy atom. The Hall–Kier alpha value is -13.3. The van der Waals surface area contributed by atoms with Crippen LogP contribution in [-0.2, 0) is 10.8 Å². The Morgan fingerprint density at radius 3 is 1.13 bits per heavy atom. The number of hydrogen-bond donors (Lipinski definition) is 0. The van der Waals surface area contributed by atoms with Crippen molar-refractivity contribution < 1.29 is 9.47 Å². The monoisotopic (exact) mass is 1490 g/mol. The van der Waals surface area contributed by atoms with Gasteiger partial charge in [0.05, 0.1) is 56.9 Å². The Kier molecular flexibility index (Phi) is 12.7. The van der Waals surface area contributed by atoms with Crippen molar-refractivity contribution in [2.45, 2.75) is 58.1 Å². The molecule has 0 saturated heterocycles. The Bertz CT molecular complexity index is 6850. The minimum Gasteiger partial charge on any atom is -0.453 e. The minimum atomic E-state index is -0.432. The molecule has 0 unspecified atom stereocenters. The SMILES string of the molecule is CC1(C)c2ccccc2N2c3cc(-c4ccc(N5c6ccccc6Oc6ccccc65)cc4)cc4c3B(c3cccc1c32)c1cc(-c2cccc3c2Oc2ccccc2N3c2ccc(-c3cc5c6c(c3)N3c7ccccc7Sc7cccc(c73)B6c3cccc6c3N5c3ccccc3S6)cc2)cc2c1N4c1ccccc1C2(C)C. The topological polar surface area (TPSA) is 37.9 Å². The van der Waals surface area contributed by atoms with Crippen molar-refractivity contribution in [3.8, 4) is 56.4 Å². The molecule has 10 aliphatic heterocycles. The Morgan fingerprint density at radius 1 is 0.246 bits per heavy atom. The summed E-state index contributed by atoms with van der Waals surface area (Å²) in [6, 6.07) is 123. The fourth-order valence-electron chi connectivity index (χ4n) is 21.1. The molecule has 10 aliphatic rings. The van der Waals surface area contributed by atoms with Gasteiger partial charge in [0.25, 0.3) is 13.4 Å². The zero-order valence-electron chi connectivity index (χ0n) is 62.6. The second-order valence-electron chi connectivity index (χ2n) is 32.6. The Labute approximate surface area is 670 Å². The van der Waals surface area contributed by atoms with Gasteiger partial charge in [0, 0.05) is 81.5 Å². The molecule has 16 aromatic carbocycles. The smallest absolute Gasteiger partial charge is 0.252 e. The highest BCUT2D eigenvalue weighted by Gasteiger charge is 2.53. The average molecular weight is 1490 g/mol. The van der Waals surface area contributed by atoms with Crippen LogP contribution in [0.5, 0.6) is 23.0 Å². The van der Waals surface area contributed by atoms with E-state index in [9.17, 15) is 0 Å². The lowest BCUT2D eigenvalue weighted by Crippen LogP contribution is -2.63. The van der Waals surface area contributed by atoms with Gasteiger partial charge in [-0.3, -0.25) is 0 Å². The fourth-order valence-corrected chi connectivity index (χ4v) is 23.3. The molecule has 0 N–H and O–H groups in total. The molecule has 534 valence electrons. The van der Waals surface area contributed by atoms with Crippen LogP contribution in [0.15, 0.2) is 347 Å². The van der Waals surface area contributed by atoms with E-state index in [4.69, 9.17) is 9.47 Å². The van der Waals surface area contributed by atoms with E-state index in [2.05, 4.69) is 373 Å². The van der Waals surface area contributed by atoms with Gasteiger partial charge in [-0.15, -0.1) is 0 Å². The third kappa shape index (κ3) is 8.37. The van der Waals surface area contributed by atoms with Gasteiger partial charge >= 0.3 is 0 Å². The molecule has 0 amide bonds. The standard InChI is InChI=1S/C102H66B2N6O2S2/c1-101(2)67-24-5-7-30-75(67)107-83-55-61(59-45-49-64(50-46-59)105-77-32-9-14-38-87(77)111-88-39-15-10-33-78(88)105)56-84-95(83)104(71-27-20-26-69(101)96(71)107)74-54-63(53-70-97(74)108(84)76-31-8-6-25-68(76)102(70,3)4)66-23-19-37-82-100(66)112-89-40-16-11-34-79(89)106(82)65-51-47-60(48-52-65)62-57-85-94-86(58-62)110-81-36-13-18-42-91(81)114-93-44-22-29-73(99(93)110)103(94)72-28-21-43-92-98(72)109(85)80-35-12-17-41-90(80)113-92/h5-58H,1-4H3. The molecule has 8 nitrogen and oxygen atoms in total. The largest absolute Gasteiger partial charge is 0.453 e. The average Bonchev–Trinajstić information content (AvgIpc) is 0.673. The third-order valence-corrected chi connectivity index (χ3v) is 28.3. The first-order valence-electron chi connectivity index (χ1n) is 39.5. The van der Waals surface area contributed by atoms with E-state index in [0.717, 1.165) is 90.5 Å². The summed E-state index contributed by atoms with van der Waals surface area (Å²) in [5, 5.41) is 0. The van der Waals surface area contributed by atoms with Crippen LogP contribution in [0.25, 0.3) is 33.4 Å². The molecule has 0 bridgehead atoms. The molecule has 16 aromatic rings. The molecule has 0 radical (unpaired) electrons. The van der Waals surface area contributed by atoms with E-state index in [1.54, 1.807) is 0 Å². The zero-order chi connectivity index (χ0) is 74.9. The second-order valence-corrected chi connectivity index (χ2v) is 34.8. The molecule has 0 saturated carbocycles. The fraction of sp³-hybridized carbons (Fsp3) is 0.0588. The van der Waals surface area contributed by atoms with Crippen molar-refractivity contribution in [2.75, 3.05) is 29.4 Å². The van der Waals surface area contributed by atoms with E-state index >= 15 is 0 Å². The number of anilines is 18. The first kappa shape index (κ1) is 63.4. The van der Waals surface area contributed by atoms with E-state index in [1.807, 2.05) is 35.7 Å². The van der Waals surface area contributed by atoms with Crippen molar-refractivity contribution in [3.63, 3.8) is 0 Å². The number of para-hydroxylation sites is 14. The number of ether oxygens (including phenoxy) is 2. The van der Waals surface area contributed by atoms with Gasteiger partial charge in [-0.1, -0.05) is 233 Å². The summed E-state index contributed by atoms with van der Waals surface area (Å²) >= 11 is 3.78.